The van der Waals surface area contributed by atoms with Crippen LogP contribution < -0.4 is 5.73 Å². The number of benzene rings is 1. The Hall–Kier alpha value is -1.06. The number of nitrogens with zero attached hydrogens (tertiary/aromatic N) is 1. The van der Waals surface area contributed by atoms with Crippen molar-refractivity contribution in [1.82, 2.24) is 4.90 Å². The van der Waals surface area contributed by atoms with E-state index in [-0.39, 0.29) is 0 Å². The van der Waals surface area contributed by atoms with Gasteiger partial charge in [-0.05, 0) is 81.4 Å². The molecule has 0 unspecified atom stereocenters. The minimum absolute atomic E-state index is 0.492. The number of aryl methyl sites for hydroxylation is 1. The molecule has 1 aliphatic rings. The van der Waals surface area contributed by atoms with Gasteiger partial charge in [-0.15, -0.1) is 0 Å². The van der Waals surface area contributed by atoms with Crippen LogP contribution in [0, 0.1) is 0 Å². The minimum Gasteiger partial charge on any atom is -0.508 e. The maximum absolute atomic E-state index is 10.2. The fraction of sp³-hybridized carbons (Fsp3) is 0.647. The van der Waals surface area contributed by atoms with Crippen molar-refractivity contribution in [2.24, 2.45) is 5.73 Å². The quantitative estimate of drug-likeness (QED) is 0.786. The van der Waals surface area contributed by atoms with E-state index in [1.165, 1.54) is 18.5 Å². The largest absolute Gasteiger partial charge is 0.508 e. The molecular formula is C17H28N2O. The number of hydrogen-bond donors (Lipinski definition) is 2. The van der Waals surface area contributed by atoms with Crippen molar-refractivity contribution in [2.45, 2.75) is 44.9 Å². The molecule has 0 spiro atoms. The van der Waals surface area contributed by atoms with Gasteiger partial charge in [0.1, 0.15) is 5.75 Å². The number of piperidine rings is 1. The molecule has 3 N–H and O–H groups in total. The van der Waals surface area contributed by atoms with Gasteiger partial charge in [-0.25, -0.2) is 0 Å². The van der Waals surface area contributed by atoms with Gasteiger partial charge in [0.2, 0.25) is 0 Å². The molecule has 1 saturated heterocycles. The molecule has 2 rings (SSSR count). The van der Waals surface area contributed by atoms with E-state index >= 15 is 0 Å². The smallest absolute Gasteiger partial charge is 0.119 e. The normalized spacial score (nSPS) is 17.5. The molecule has 0 aliphatic carbocycles. The Bertz CT molecular complexity index is 411. The maximum atomic E-state index is 10.2. The molecule has 1 aromatic rings. The molecule has 3 heteroatoms. The zero-order valence-electron chi connectivity index (χ0n) is 12.6. The van der Waals surface area contributed by atoms with E-state index in [1.807, 2.05) is 6.07 Å². The van der Waals surface area contributed by atoms with Crippen LogP contribution >= 0.6 is 0 Å². The first-order valence-corrected chi connectivity index (χ1v) is 7.98. The molecule has 1 aliphatic heterocycles. The Morgan fingerprint density at radius 3 is 2.60 bits per heavy atom. The Morgan fingerprint density at radius 1 is 1.25 bits per heavy atom. The van der Waals surface area contributed by atoms with Crippen LogP contribution in [0.2, 0.25) is 0 Å². The van der Waals surface area contributed by atoms with Gasteiger partial charge in [0.05, 0.1) is 0 Å². The average molecular weight is 276 g/mol. The zero-order valence-corrected chi connectivity index (χ0v) is 12.6. The second-order valence-corrected chi connectivity index (χ2v) is 5.86. The molecule has 0 atom stereocenters. The van der Waals surface area contributed by atoms with Crippen LogP contribution in [0.5, 0.6) is 5.75 Å². The van der Waals surface area contributed by atoms with E-state index in [0.29, 0.717) is 11.7 Å². The number of hydrogen-bond acceptors (Lipinski definition) is 3. The fourth-order valence-corrected chi connectivity index (χ4v) is 3.10. The Labute approximate surface area is 122 Å². The number of unbranched alkanes of at least 4 members (excludes halogenated alkanes) is 1. The molecular weight excluding hydrogens is 248 g/mol. The topological polar surface area (TPSA) is 49.5 Å². The Balaban J connectivity index is 1.87. The van der Waals surface area contributed by atoms with E-state index in [4.69, 9.17) is 5.73 Å². The summed E-state index contributed by atoms with van der Waals surface area (Å²) in [7, 11) is 0. The lowest BCUT2D eigenvalue weighted by Gasteiger charge is -2.32. The molecule has 0 radical (unpaired) electrons. The Kier molecular flexibility index (Phi) is 5.86. The van der Waals surface area contributed by atoms with Crippen molar-refractivity contribution in [3.63, 3.8) is 0 Å². The van der Waals surface area contributed by atoms with Crippen LogP contribution in [0.15, 0.2) is 18.2 Å². The molecule has 0 aromatic heterocycles. The van der Waals surface area contributed by atoms with Crippen molar-refractivity contribution in [1.29, 1.82) is 0 Å². The van der Waals surface area contributed by atoms with Crippen LogP contribution in [0.4, 0.5) is 0 Å². The van der Waals surface area contributed by atoms with Crippen LogP contribution in [-0.4, -0.2) is 36.2 Å². The highest BCUT2D eigenvalue weighted by molar-refractivity contribution is 5.39. The van der Waals surface area contributed by atoms with E-state index in [9.17, 15) is 5.11 Å². The second kappa shape index (κ2) is 7.65. The molecule has 1 aromatic carbocycles. The number of nitrogens with two attached hydrogens (primary N) is 1. The van der Waals surface area contributed by atoms with Crippen LogP contribution in [0.1, 0.15) is 49.7 Å². The van der Waals surface area contributed by atoms with Crippen LogP contribution in [0.3, 0.4) is 0 Å². The predicted molar refractivity (Wildman–Crippen MR) is 84.2 cm³/mol. The summed E-state index contributed by atoms with van der Waals surface area (Å²) in [5.41, 5.74) is 7.89. The molecule has 1 heterocycles. The van der Waals surface area contributed by atoms with Gasteiger partial charge in [-0.3, -0.25) is 0 Å². The third-order valence-electron chi connectivity index (χ3n) is 4.46. The molecule has 112 valence electrons. The SMILES string of the molecule is CCc1ccc(C2CCN(CCCCN)CC2)c(O)c1. The highest BCUT2D eigenvalue weighted by Gasteiger charge is 2.22. The van der Waals surface area contributed by atoms with Crippen molar-refractivity contribution < 1.29 is 5.11 Å². The van der Waals surface area contributed by atoms with Crippen molar-refractivity contribution in [3.05, 3.63) is 29.3 Å². The minimum atomic E-state index is 0.492. The summed E-state index contributed by atoms with van der Waals surface area (Å²) in [6.45, 7) is 6.38. The first-order chi connectivity index (χ1) is 9.74. The molecule has 3 nitrogen and oxygen atoms in total. The lowest BCUT2D eigenvalue weighted by Crippen LogP contribution is -2.33. The van der Waals surface area contributed by atoms with E-state index in [0.717, 1.165) is 50.9 Å². The van der Waals surface area contributed by atoms with Crippen LogP contribution in [0.25, 0.3) is 0 Å². The lowest BCUT2D eigenvalue weighted by molar-refractivity contribution is 0.208. The Morgan fingerprint density at radius 2 is 2.00 bits per heavy atom. The lowest BCUT2D eigenvalue weighted by atomic mass is 9.88. The summed E-state index contributed by atoms with van der Waals surface area (Å²) in [5.74, 6) is 1.01. The second-order valence-electron chi connectivity index (χ2n) is 5.86. The summed E-state index contributed by atoms with van der Waals surface area (Å²) >= 11 is 0. The number of aromatic hydroxyl groups is 1. The summed E-state index contributed by atoms with van der Waals surface area (Å²) < 4.78 is 0. The summed E-state index contributed by atoms with van der Waals surface area (Å²) in [6.07, 6.45) is 5.62. The third-order valence-corrected chi connectivity index (χ3v) is 4.46. The van der Waals surface area contributed by atoms with E-state index in [2.05, 4.69) is 24.0 Å². The number of phenols is 1. The van der Waals surface area contributed by atoms with Crippen molar-refractivity contribution in [2.75, 3.05) is 26.2 Å². The van der Waals surface area contributed by atoms with Gasteiger partial charge in [-0.2, -0.15) is 0 Å². The summed E-state index contributed by atoms with van der Waals surface area (Å²) in [5, 5.41) is 10.2. The monoisotopic (exact) mass is 276 g/mol. The maximum Gasteiger partial charge on any atom is 0.119 e. The van der Waals surface area contributed by atoms with Gasteiger partial charge in [-0.1, -0.05) is 19.1 Å². The van der Waals surface area contributed by atoms with Crippen LogP contribution in [-0.2, 0) is 6.42 Å². The zero-order chi connectivity index (χ0) is 14.4. The van der Waals surface area contributed by atoms with Gasteiger partial charge >= 0.3 is 0 Å². The van der Waals surface area contributed by atoms with Crippen molar-refractivity contribution >= 4 is 0 Å². The standard InChI is InChI=1S/C17H28N2O/c1-2-14-5-6-16(17(20)13-14)15-7-11-19(12-8-15)10-4-3-9-18/h5-6,13,15,20H,2-4,7-12,18H2,1H3. The molecule has 0 saturated carbocycles. The molecule has 0 amide bonds. The summed E-state index contributed by atoms with van der Waals surface area (Å²) in [4.78, 5) is 2.53. The van der Waals surface area contributed by atoms with E-state index < -0.39 is 0 Å². The fourth-order valence-electron chi connectivity index (χ4n) is 3.10. The first-order valence-electron chi connectivity index (χ1n) is 7.98. The van der Waals surface area contributed by atoms with Gasteiger partial charge in [0.25, 0.3) is 0 Å². The van der Waals surface area contributed by atoms with Gasteiger partial charge in [0, 0.05) is 0 Å². The van der Waals surface area contributed by atoms with Crippen molar-refractivity contribution in [3.8, 4) is 5.75 Å². The third kappa shape index (κ3) is 3.97. The first kappa shape index (κ1) is 15.3. The highest BCUT2D eigenvalue weighted by atomic mass is 16.3. The molecule has 20 heavy (non-hydrogen) atoms. The number of phenolic OH excluding ortho intramolecular Hbond substituents is 1. The number of rotatable bonds is 6. The number of likely N-dealkylation sites (tertiary alicyclic amines) is 1. The van der Waals surface area contributed by atoms with Gasteiger partial charge in [0.15, 0.2) is 0 Å². The predicted octanol–water partition coefficient (Wildman–Crippen LogP) is 2.87. The molecule has 1 fully saturated rings. The summed E-state index contributed by atoms with van der Waals surface area (Å²) in [6, 6.07) is 6.22. The average Bonchev–Trinajstić information content (AvgIpc) is 2.48. The van der Waals surface area contributed by atoms with Gasteiger partial charge < -0.3 is 15.7 Å². The van der Waals surface area contributed by atoms with E-state index in [1.54, 1.807) is 0 Å². The highest BCUT2D eigenvalue weighted by Crippen LogP contribution is 2.34. The molecule has 0 bridgehead atoms.